The Hall–Kier alpha value is -2.64. The van der Waals surface area contributed by atoms with Gasteiger partial charge >= 0.3 is 0 Å². The number of hydrogen-bond acceptors (Lipinski definition) is 6. The van der Waals surface area contributed by atoms with Crippen LogP contribution in [0.15, 0.2) is 21.5 Å². The second-order valence-corrected chi connectivity index (χ2v) is 5.88. The van der Waals surface area contributed by atoms with Crippen molar-refractivity contribution in [1.82, 2.24) is 19.9 Å². The van der Waals surface area contributed by atoms with E-state index in [2.05, 4.69) is 15.0 Å². The van der Waals surface area contributed by atoms with Crippen LogP contribution >= 0.6 is 0 Å². The zero-order valence-corrected chi connectivity index (χ0v) is 13.4. The highest BCUT2D eigenvalue weighted by atomic mass is 16.3. The first kappa shape index (κ1) is 15.3. The summed E-state index contributed by atoms with van der Waals surface area (Å²) in [6.45, 7) is 2.84. The van der Waals surface area contributed by atoms with Gasteiger partial charge in [0, 0.05) is 46.1 Å². The molecule has 0 aromatic carbocycles. The van der Waals surface area contributed by atoms with Gasteiger partial charge < -0.3 is 14.2 Å². The van der Waals surface area contributed by atoms with E-state index in [-0.39, 0.29) is 17.4 Å². The van der Waals surface area contributed by atoms with E-state index in [1.54, 1.807) is 16.7 Å². The van der Waals surface area contributed by atoms with Crippen molar-refractivity contribution >= 4 is 11.9 Å². The molecule has 3 heterocycles. The molecule has 8 heteroatoms. The van der Waals surface area contributed by atoms with Gasteiger partial charge in [-0.25, -0.2) is 9.97 Å². The lowest BCUT2D eigenvalue weighted by Crippen LogP contribution is -2.29. The Morgan fingerprint density at radius 2 is 2.22 bits per heavy atom. The topological polar surface area (TPSA) is 95.3 Å². The van der Waals surface area contributed by atoms with E-state index in [4.69, 9.17) is 4.42 Å². The molecule has 1 fully saturated rings. The van der Waals surface area contributed by atoms with Gasteiger partial charge in [-0.2, -0.15) is 0 Å². The van der Waals surface area contributed by atoms with Gasteiger partial charge in [0.1, 0.15) is 6.26 Å². The van der Waals surface area contributed by atoms with Crippen LogP contribution in [0.4, 0.5) is 5.95 Å². The Morgan fingerprint density at radius 3 is 2.87 bits per heavy atom. The smallest absolute Gasteiger partial charge is 0.275 e. The minimum atomic E-state index is -0.185. The fraction of sp³-hybridized carbons (Fsp3) is 0.467. The Kier molecular flexibility index (Phi) is 3.89. The normalized spacial score (nSPS) is 17.5. The maximum atomic E-state index is 12.4. The molecule has 1 saturated heterocycles. The van der Waals surface area contributed by atoms with E-state index in [0.717, 1.165) is 6.42 Å². The number of oxazole rings is 1. The summed E-state index contributed by atoms with van der Waals surface area (Å²) in [5.41, 5.74) is 0.843. The lowest BCUT2D eigenvalue weighted by molar-refractivity contribution is 0.0785. The molecule has 0 radical (unpaired) electrons. The lowest BCUT2D eigenvalue weighted by atomic mass is 10.1. The number of nitrogens with zero attached hydrogens (tertiary/aromatic N) is 4. The van der Waals surface area contributed by atoms with Gasteiger partial charge in [0.05, 0.1) is 5.69 Å². The molecule has 8 nitrogen and oxygen atoms in total. The van der Waals surface area contributed by atoms with Gasteiger partial charge in [0.25, 0.3) is 11.5 Å². The molecule has 1 amide bonds. The number of amides is 1. The van der Waals surface area contributed by atoms with Crippen LogP contribution in [-0.2, 0) is 0 Å². The summed E-state index contributed by atoms with van der Waals surface area (Å²) < 4.78 is 5.09. The first-order valence-corrected chi connectivity index (χ1v) is 7.44. The maximum absolute atomic E-state index is 12.4. The number of nitrogens with one attached hydrogen (secondary N) is 1. The van der Waals surface area contributed by atoms with Crippen molar-refractivity contribution in [2.45, 2.75) is 19.3 Å². The Labute approximate surface area is 133 Å². The molecular formula is C15H19N5O3. The van der Waals surface area contributed by atoms with Crippen molar-refractivity contribution in [3.05, 3.63) is 40.0 Å². The van der Waals surface area contributed by atoms with Crippen molar-refractivity contribution in [1.29, 1.82) is 0 Å². The number of aromatic amines is 1. The highest BCUT2D eigenvalue weighted by Gasteiger charge is 2.30. The minimum Gasteiger partial charge on any atom is -0.448 e. The third kappa shape index (κ3) is 3.10. The van der Waals surface area contributed by atoms with Crippen LogP contribution in [0, 0.1) is 6.92 Å². The van der Waals surface area contributed by atoms with Gasteiger partial charge in [-0.05, 0) is 6.42 Å². The van der Waals surface area contributed by atoms with Crippen molar-refractivity contribution in [2.75, 3.05) is 32.1 Å². The van der Waals surface area contributed by atoms with E-state index < -0.39 is 0 Å². The van der Waals surface area contributed by atoms with Crippen LogP contribution in [0.2, 0.25) is 0 Å². The minimum absolute atomic E-state index is 0.0490. The zero-order valence-electron chi connectivity index (χ0n) is 13.4. The van der Waals surface area contributed by atoms with Gasteiger partial charge in [-0.3, -0.25) is 14.6 Å². The summed E-state index contributed by atoms with van der Waals surface area (Å²) in [6, 6.07) is 1.51. The van der Waals surface area contributed by atoms with Crippen LogP contribution in [0.1, 0.15) is 34.4 Å². The molecule has 1 unspecified atom stereocenters. The standard InChI is InChI=1S/C15H19N5O3/c1-9-16-12(8-23-9)14(22)20-5-4-10(7-20)11-6-13(21)18-15(17-11)19(2)3/h6,8,10H,4-5,7H2,1-3H3,(H,17,18,21). The van der Waals surface area contributed by atoms with Gasteiger partial charge in [-0.15, -0.1) is 0 Å². The van der Waals surface area contributed by atoms with Gasteiger partial charge in [0.2, 0.25) is 5.95 Å². The molecule has 122 valence electrons. The average Bonchev–Trinajstić information content (AvgIpc) is 3.15. The molecular weight excluding hydrogens is 298 g/mol. The maximum Gasteiger partial charge on any atom is 0.275 e. The molecule has 2 aromatic heterocycles. The summed E-state index contributed by atoms with van der Waals surface area (Å²) >= 11 is 0. The number of likely N-dealkylation sites (tertiary alicyclic amines) is 1. The van der Waals surface area contributed by atoms with E-state index in [9.17, 15) is 9.59 Å². The second kappa shape index (κ2) is 5.86. The number of anilines is 1. The summed E-state index contributed by atoms with van der Waals surface area (Å²) in [5.74, 6) is 0.885. The van der Waals surface area contributed by atoms with E-state index in [1.807, 2.05) is 14.1 Å². The van der Waals surface area contributed by atoms with Crippen LogP contribution in [0.25, 0.3) is 0 Å². The number of carbonyl (C=O) groups excluding carboxylic acids is 1. The average molecular weight is 317 g/mol. The van der Waals surface area contributed by atoms with Crippen molar-refractivity contribution in [2.24, 2.45) is 0 Å². The first-order chi connectivity index (χ1) is 10.9. The van der Waals surface area contributed by atoms with Crippen molar-refractivity contribution < 1.29 is 9.21 Å². The Bertz CT molecular complexity index is 779. The first-order valence-electron chi connectivity index (χ1n) is 7.44. The number of carbonyl (C=O) groups is 1. The summed E-state index contributed by atoms with van der Waals surface area (Å²) in [5, 5.41) is 0. The Morgan fingerprint density at radius 1 is 1.43 bits per heavy atom. The summed E-state index contributed by atoms with van der Waals surface area (Å²) in [4.78, 5) is 38.9. The fourth-order valence-electron chi connectivity index (χ4n) is 2.69. The SMILES string of the molecule is Cc1nc(C(=O)N2CCC(c3cc(=O)[nH]c(N(C)C)n3)C2)co1. The second-order valence-electron chi connectivity index (χ2n) is 5.88. The third-order valence-electron chi connectivity index (χ3n) is 3.90. The molecule has 0 saturated carbocycles. The molecule has 1 aliphatic heterocycles. The molecule has 0 spiro atoms. The van der Waals surface area contributed by atoms with E-state index in [0.29, 0.717) is 36.3 Å². The molecule has 0 bridgehead atoms. The Balaban J connectivity index is 1.77. The van der Waals surface area contributed by atoms with Crippen LogP contribution < -0.4 is 10.5 Å². The summed E-state index contributed by atoms with van der Waals surface area (Å²) in [6.07, 6.45) is 2.15. The molecule has 1 aliphatic rings. The predicted octanol–water partition coefficient (Wildman–Crippen LogP) is 0.762. The fourth-order valence-corrected chi connectivity index (χ4v) is 2.69. The molecule has 2 aromatic rings. The number of H-pyrrole nitrogens is 1. The molecule has 0 aliphatic carbocycles. The monoisotopic (exact) mass is 317 g/mol. The van der Waals surface area contributed by atoms with Gasteiger partial charge in [-0.1, -0.05) is 0 Å². The van der Waals surface area contributed by atoms with Crippen LogP contribution in [0.3, 0.4) is 0 Å². The quantitative estimate of drug-likeness (QED) is 0.898. The number of rotatable bonds is 3. The van der Waals surface area contributed by atoms with Gasteiger partial charge in [0.15, 0.2) is 11.6 Å². The zero-order chi connectivity index (χ0) is 16.6. The van der Waals surface area contributed by atoms with Crippen LogP contribution in [0.5, 0.6) is 0 Å². The number of aromatic nitrogens is 3. The number of aryl methyl sites for hydroxylation is 1. The molecule has 3 rings (SSSR count). The summed E-state index contributed by atoms with van der Waals surface area (Å²) in [7, 11) is 3.64. The molecule has 23 heavy (non-hydrogen) atoms. The van der Waals surface area contributed by atoms with E-state index >= 15 is 0 Å². The van der Waals surface area contributed by atoms with E-state index in [1.165, 1.54) is 12.3 Å². The third-order valence-corrected chi connectivity index (χ3v) is 3.90. The molecule has 1 N–H and O–H groups in total. The van der Waals surface area contributed by atoms with Crippen LogP contribution in [-0.4, -0.2) is 52.9 Å². The largest absolute Gasteiger partial charge is 0.448 e. The molecule has 1 atom stereocenters. The van der Waals surface area contributed by atoms with Crippen molar-refractivity contribution in [3.8, 4) is 0 Å². The number of hydrogen-bond donors (Lipinski definition) is 1. The highest BCUT2D eigenvalue weighted by molar-refractivity contribution is 5.92. The van der Waals surface area contributed by atoms with Crippen molar-refractivity contribution in [3.63, 3.8) is 0 Å². The highest BCUT2D eigenvalue weighted by Crippen LogP contribution is 2.26. The lowest BCUT2D eigenvalue weighted by Gasteiger charge is -2.16. The predicted molar refractivity (Wildman–Crippen MR) is 83.7 cm³/mol.